The van der Waals surface area contributed by atoms with Crippen LogP contribution in [0, 0.1) is 5.82 Å². The summed E-state index contributed by atoms with van der Waals surface area (Å²) in [6.07, 6.45) is 1.05. The van der Waals surface area contributed by atoms with E-state index in [0.717, 1.165) is 6.07 Å². The zero-order chi connectivity index (χ0) is 17.3. The number of amides is 1. The van der Waals surface area contributed by atoms with Gasteiger partial charge in [0.15, 0.2) is 5.78 Å². The van der Waals surface area contributed by atoms with Gasteiger partial charge in [0.05, 0.1) is 0 Å². The largest absolute Gasteiger partial charge is 0.349 e. The normalized spacial score (nSPS) is 19.7. The second-order valence-electron chi connectivity index (χ2n) is 5.54. The van der Waals surface area contributed by atoms with Crippen molar-refractivity contribution >= 4 is 23.3 Å². The molecule has 0 saturated heterocycles. The molecule has 3 rings (SSSR count). The maximum Gasteiger partial charge on any atom is 0.262 e. The molecule has 1 aliphatic rings. The van der Waals surface area contributed by atoms with Gasteiger partial charge in [-0.15, -0.1) is 0 Å². The highest BCUT2D eigenvalue weighted by molar-refractivity contribution is 6.31. The number of hydrogen-bond acceptors (Lipinski definition) is 3. The maximum absolute atomic E-state index is 15.3. The Kier molecular flexibility index (Phi) is 4.32. The lowest BCUT2D eigenvalue weighted by molar-refractivity contribution is -0.134. The number of nitrogens with one attached hydrogen (secondary N) is 1. The van der Waals surface area contributed by atoms with Crippen molar-refractivity contribution in [1.29, 1.82) is 0 Å². The minimum absolute atomic E-state index is 0.0128. The van der Waals surface area contributed by atoms with Crippen LogP contribution in [-0.2, 0) is 17.0 Å². The summed E-state index contributed by atoms with van der Waals surface area (Å²) in [5.74, 6) is -1.65. The standard InChI is InChI=1S/C17H13ClF2N2O2/c18-13-8-11(19)4-3-10(13)9-22-16(24)17(20)6-5-14(23)15-12(17)2-1-7-21-15/h1-4,7-8H,5-6,9H2,(H,22,24). The molecule has 1 atom stereocenters. The number of alkyl halides is 1. The van der Waals surface area contributed by atoms with Gasteiger partial charge in [-0.25, -0.2) is 8.78 Å². The lowest BCUT2D eigenvalue weighted by atomic mass is 9.81. The van der Waals surface area contributed by atoms with E-state index >= 15 is 4.39 Å². The average molecular weight is 351 g/mol. The topological polar surface area (TPSA) is 59.1 Å². The molecule has 7 heteroatoms. The third-order valence-electron chi connectivity index (χ3n) is 4.01. The first kappa shape index (κ1) is 16.5. The van der Waals surface area contributed by atoms with Crippen molar-refractivity contribution in [3.05, 3.63) is 64.2 Å². The second kappa shape index (κ2) is 6.28. The van der Waals surface area contributed by atoms with Crippen LogP contribution in [0.25, 0.3) is 0 Å². The van der Waals surface area contributed by atoms with Crippen LogP contribution in [0.5, 0.6) is 0 Å². The van der Waals surface area contributed by atoms with Crippen molar-refractivity contribution in [2.45, 2.75) is 25.1 Å². The summed E-state index contributed by atoms with van der Waals surface area (Å²) in [6.45, 7) is -0.0485. The fourth-order valence-electron chi connectivity index (χ4n) is 2.70. The molecule has 0 fully saturated rings. The number of rotatable bonds is 3. The average Bonchev–Trinajstić information content (AvgIpc) is 2.57. The summed E-state index contributed by atoms with van der Waals surface area (Å²) in [4.78, 5) is 28.1. The molecule has 1 aromatic carbocycles. The van der Waals surface area contributed by atoms with E-state index in [1.807, 2.05) is 0 Å². The monoisotopic (exact) mass is 350 g/mol. The van der Waals surface area contributed by atoms with Crippen LogP contribution in [0.2, 0.25) is 5.02 Å². The van der Waals surface area contributed by atoms with E-state index < -0.39 is 17.4 Å². The molecule has 0 saturated carbocycles. The smallest absolute Gasteiger partial charge is 0.262 e. The van der Waals surface area contributed by atoms with Crippen molar-refractivity contribution in [2.75, 3.05) is 0 Å². The molecule has 1 aromatic heterocycles. The van der Waals surface area contributed by atoms with Gasteiger partial charge in [-0.1, -0.05) is 23.7 Å². The van der Waals surface area contributed by atoms with Crippen LogP contribution in [0.4, 0.5) is 8.78 Å². The molecule has 2 aromatic rings. The lowest BCUT2D eigenvalue weighted by Crippen LogP contribution is -2.44. The molecule has 0 spiro atoms. The molecule has 1 heterocycles. The Morgan fingerprint density at radius 1 is 1.38 bits per heavy atom. The molecule has 1 unspecified atom stereocenters. The van der Waals surface area contributed by atoms with E-state index in [4.69, 9.17) is 11.6 Å². The molecule has 0 radical (unpaired) electrons. The summed E-state index contributed by atoms with van der Waals surface area (Å²) in [7, 11) is 0. The summed E-state index contributed by atoms with van der Waals surface area (Å²) in [6, 6.07) is 6.62. The van der Waals surface area contributed by atoms with Gasteiger partial charge in [0, 0.05) is 36.2 Å². The van der Waals surface area contributed by atoms with Gasteiger partial charge in [0.2, 0.25) is 5.67 Å². The first-order chi connectivity index (χ1) is 11.4. The number of nitrogens with zero attached hydrogens (tertiary/aromatic N) is 1. The third-order valence-corrected chi connectivity index (χ3v) is 4.36. The number of halogens is 3. The number of aromatic nitrogens is 1. The van der Waals surface area contributed by atoms with E-state index in [-0.39, 0.29) is 41.4 Å². The number of carbonyl (C=O) groups excluding carboxylic acids is 2. The number of Topliss-reactive ketones (excluding diaryl/α,β-unsaturated/α-hetero) is 1. The van der Waals surface area contributed by atoms with Crippen LogP contribution >= 0.6 is 11.6 Å². The predicted molar refractivity (Wildman–Crippen MR) is 83.8 cm³/mol. The summed E-state index contributed by atoms with van der Waals surface area (Å²) in [5, 5.41) is 2.61. The summed E-state index contributed by atoms with van der Waals surface area (Å²) >= 11 is 5.89. The van der Waals surface area contributed by atoms with Gasteiger partial charge >= 0.3 is 0 Å². The van der Waals surface area contributed by atoms with Crippen molar-refractivity contribution in [1.82, 2.24) is 10.3 Å². The number of carbonyl (C=O) groups is 2. The third kappa shape index (κ3) is 2.89. The molecular formula is C17H13ClF2N2O2. The van der Waals surface area contributed by atoms with Crippen LogP contribution in [0.15, 0.2) is 36.5 Å². The lowest BCUT2D eigenvalue weighted by Gasteiger charge is -2.29. The molecule has 0 bridgehead atoms. The quantitative estimate of drug-likeness (QED) is 0.923. The minimum Gasteiger partial charge on any atom is -0.349 e. The van der Waals surface area contributed by atoms with Crippen LogP contribution in [0.1, 0.15) is 34.5 Å². The van der Waals surface area contributed by atoms with E-state index in [1.54, 1.807) is 0 Å². The first-order valence-electron chi connectivity index (χ1n) is 7.31. The Hall–Kier alpha value is -2.34. The summed E-state index contributed by atoms with van der Waals surface area (Å²) < 4.78 is 28.3. The van der Waals surface area contributed by atoms with Crippen molar-refractivity contribution in [2.24, 2.45) is 0 Å². The molecule has 124 valence electrons. The molecule has 1 amide bonds. The Bertz CT molecular complexity index is 828. The number of ketones is 1. The van der Waals surface area contributed by atoms with E-state index in [9.17, 15) is 14.0 Å². The first-order valence-corrected chi connectivity index (χ1v) is 7.69. The molecule has 1 N–H and O–H groups in total. The molecule has 0 aliphatic heterocycles. The predicted octanol–water partition coefficient (Wildman–Crippen LogP) is 3.33. The van der Waals surface area contributed by atoms with Crippen molar-refractivity contribution in [3.63, 3.8) is 0 Å². The van der Waals surface area contributed by atoms with Crippen molar-refractivity contribution < 1.29 is 18.4 Å². The molecule has 1 aliphatic carbocycles. The summed E-state index contributed by atoms with van der Waals surface area (Å²) in [5.41, 5.74) is -1.90. The van der Waals surface area contributed by atoms with Gasteiger partial charge in [-0.3, -0.25) is 14.6 Å². The van der Waals surface area contributed by atoms with Gasteiger partial charge in [-0.05, 0) is 23.8 Å². The van der Waals surface area contributed by atoms with Crippen LogP contribution in [0.3, 0.4) is 0 Å². The van der Waals surface area contributed by atoms with Crippen LogP contribution < -0.4 is 5.32 Å². The maximum atomic E-state index is 15.3. The van der Waals surface area contributed by atoms with Gasteiger partial charge in [0.25, 0.3) is 5.91 Å². The highest BCUT2D eigenvalue weighted by Crippen LogP contribution is 2.38. The Labute approximate surface area is 141 Å². The molecular weight excluding hydrogens is 338 g/mol. The fourth-order valence-corrected chi connectivity index (χ4v) is 2.94. The van der Waals surface area contributed by atoms with E-state index in [1.165, 1.54) is 30.5 Å². The minimum atomic E-state index is -2.33. The number of pyridine rings is 1. The van der Waals surface area contributed by atoms with Gasteiger partial charge in [-0.2, -0.15) is 0 Å². The zero-order valence-electron chi connectivity index (χ0n) is 12.5. The fraction of sp³-hybridized carbons (Fsp3) is 0.235. The molecule has 4 nitrogen and oxygen atoms in total. The van der Waals surface area contributed by atoms with E-state index in [2.05, 4.69) is 10.3 Å². The van der Waals surface area contributed by atoms with Gasteiger partial charge < -0.3 is 5.32 Å². The van der Waals surface area contributed by atoms with E-state index in [0.29, 0.717) is 5.56 Å². The second-order valence-corrected chi connectivity index (χ2v) is 5.95. The van der Waals surface area contributed by atoms with Crippen LogP contribution in [-0.4, -0.2) is 16.7 Å². The number of hydrogen-bond donors (Lipinski definition) is 1. The Balaban J connectivity index is 1.82. The molecule has 24 heavy (non-hydrogen) atoms. The Morgan fingerprint density at radius 2 is 2.17 bits per heavy atom. The Morgan fingerprint density at radius 3 is 2.92 bits per heavy atom. The highest BCUT2D eigenvalue weighted by Gasteiger charge is 2.46. The van der Waals surface area contributed by atoms with Gasteiger partial charge in [0.1, 0.15) is 11.5 Å². The zero-order valence-corrected chi connectivity index (χ0v) is 13.2. The number of fused-ring (bicyclic) bond motifs is 1. The highest BCUT2D eigenvalue weighted by atomic mass is 35.5. The SMILES string of the molecule is O=C1CCC(F)(C(=O)NCc2ccc(F)cc2Cl)c2cccnc21. The van der Waals surface area contributed by atoms with Crippen molar-refractivity contribution in [3.8, 4) is 0 Å². The number of benzene rings is 1.